The molecule has 0 bridgehead atoms. The van der Waals surface area contributed by atoms with Crippen LogP contribution in [0.15, 0.2) is 47.5 Å². The Labute approximate surface area is 208 Å². The highest BCUT2D eigenvalue weighted by Crippen LogP contribution is 2.44. The molecule has 0 saturated carbocycles. The van der Waals surface area contributed by atoms with Gasteiger partial charge in [-0.05, 0) is 67.3 Å². The van der Waals surface area contributed by atoms with Crippen molar-refractivity contribution in [3.8, 4) is 5.00 Å². The number of carbonyl (C=O) groups excluding carboxylic acids is 2. The zero-order valence-corrected chi connectivity index (χ0v) is 21.1. The number of hydrogen-bond acceptors (Lipinski definition) is 5. The van der Waals surface area contributed by atoms with Crippen LogP contribution >= 0.6 is 23.1 Å². The molecule has 8 heteroatoms. The molecule has 3 aromatic rings. The quantitative estimate of drug-likeness (QED) is 0.385. The Kier molecular flexibility index (Phi) is 6.70. The monoisotopic (exact) mass is 495 g/mol. The maximum absolute atomic E-state index is 13.6. The molecule has 1 unspecified atom stereocenters. The molecule has 6 nitrogen and oxygen atoms in total. The number of thioether (sulfide) groups is 1. The molecule has 0 saturated heterocycles. The van der Waals surface area contributed by atoms with Crippen LogP contribution in [0.4, 0.5) is 4.79 Å². The topological polar surface area (TPSA) is 63.6 Å². The minimum absolute atomic E-state index is 0.151. The summed E-state index contributed by atoms with van der Waals surface area (Å²) in [5.74, 6) is -0.330. The summed E-state index contributed by atoms with van der Waals surface area (Å²) < 4.78 is 7.02. The summed E-state index contributed by atoms with van der Waals surface area (Å²) in [5, 5.41) is 4.21. The van der Waals surface area contributed by atoms with Gasteiger partial charge in [-0.15, -0.1) is 23.1 Å². The summed E-state index contributed by atoms with van der Waals surface area (Å²) in [6.07, 6.45) is 8.95. The van der Waals surface area contributed by atoms with E-state index in [1.807, 2.05) is 16.2 Å². The highest BCUT2D eigenvalue weighted by molar-refractivity contribution is 7.98. The Morgan fingerprint density at radius 1 is 1.15 bits per heavy atom. The first-order chi connectivity index (χ1) is 16.6. The molecule has 2 aliphatic rings. The molecule has 3 heterocycles. The van der Waals surface area contributed by atoms with Gasteiger partial charge < -0.3 is 19.5 Å². The largest absolute Gasteiger partial charge is 0.469 e. The molecule has 178 valence electrons. The van der Waals surface area contributed by atoms with Crippen molar-refractivity contribution in [3.05, 3.63) is 69.9 Å². The van der Waals surface area contributed by atoms with Crippen LogP contribution in [0.2, 0.25) is 0 Å². The second-order valence-electron chi connectivity index (χ2n) is 8.66. The number of fused-ring (bicyclic) bond motifs is 5. The molecular formula is C26H29N3O3S2. The van der Waals surface area contributed by atoms with Gasteiger partial charge in [0.1, 0.15) is 5.00 Å². The van der Waals surface area contributed by atoms with Crippen molar-refractivity contribution in [2.24, 2.45) is 0 Å². The number of rotatable bonds is 5. The summed E-state index contributed by atoms with van der Waals surface area (Å²) in [7, 11) is 1.36. The summed E-state index contributed by atoms with van der Waals surface area (Å²) in [6, 6.07) is 12.3. The van der Waals surface area contributed by atoms with Crippen molar-refractivity contribution in [3.63, 3.8) is 0 Å². The molecule has 1 aromatic carbocycles. The maximum Gasteiger partial charge on any atom is 0.318 e. The van der Waals surface area contributed by atoms with E-state index >= 15 is 0 Å². The second kappa shape index (κ2) is 9.88. The third-order valence-electron chi connectivity index (χ3n) is 6.70. The van der Waals surface area contributed by atoms with E-state index in [4.69, 9.17) is 4.74 Å². The fourth-order valence-corrected chi connectivity index (χ4v) is 6.81. The van der Waals surface area contributed by atoms with E-state index in [2.05, 4.69) is 58.7 Å². The lowest BCUT2D eigenvalue weighted by atomic mass is 9.95. The zero-order chi connectivity index (χ0) is 23.7. The van der Waals surface area contributed by atoms with Crippen molar-refractivity contribution in [1.29, 1.82) is 0 Å². The second-order valence-corrected chi connectivity index (χ2v) is 10.6. The van der Waals surface area contributed by atoms with Crippen molar-refractivity contribution in [2.75, 3.05) is 19.9 Å². The number of esters is 1. The van der Waals surface area contributed by atoms with Crippen LogP contribution < -0.4 is 5.32 Å². The first kappa shape index (κ1) is 23.1. The van der Waals surface area contributed by atoms with Crippen LogP contribution in [-0.4, -0.2) is 41.4 Å². The number of urea groups is 1. The fraction of sp³-hybridized carbons (Fsp3) is 0.385. The van der Waals surface area contributed by atoms with Gasteiger partial charge in [0.25, 0.3) is 0 Å². The molecule has 2 aromatic heterocycles. The summed E-state index contributed by atoms with van der Waals surface area (Å²) >= 11 is 3.59. The predicted molar refractivity (Wildman–Crippen MR) is 136 cm³/mol. The predicted octanol–water partition coefficient (Wildman–Crippen LogP) is 5.32. The van der Waals surface area contributed by atoms with Gasteiger partial charge in [-0.2, -0.15) is 0 Å². The van der Waals surface area contributed by atoms with Crippen LogP contribution in [0.1, 0.15) is 52.6 Å². The number of carbonyl (C=O) groups is 2. The molecule has 5 rings (SSSR count). The number of nitrogens with one attached hydrogen (secondary N) is 1. The Morgan fingerprint density at radius 2 is 1.94 bits per heavy atom. The van der Waals surface area contributed by atoms with E-state index in [1.54, 1.807) is 11.8 Å². The highest BCUT2D eigenvalue weighted by atomic mass is 32.2. The number of hydrogen-bond donors (Lipinski definition) is 1. The minimum atomic E-state index is -0.330. The van der Waals surface area contributed by atoms with Crippen LogP contribution in [0.3, 0.4) is 0 Å². The lowest BCUT2D eigenvalue weighted by molar-refractivity contribution is -0.140. The minimum Gasteiger partial charge on any atom is -0.469 e. The van der Waals surface area contributed by atoms with Crippen molar-refractivity contribution in [2.45, 2.75) is 49.6 Å². The molecule has 2 amide bonds. The number of nitrogens with zero attached hydrogens (tertiary/aromatic N) is 2. The van der Waals surface area contributed by atoms with Gasteiger partial charge in [0.05, 0.1) is 31.8 Å². The average molecular weight is 496 g/mol. The summed E-state index contributed by atoms with van der Waals surface area (Å²) in [5.41, 5.74) is 4.85. The highest BCUT2D eigenvalue weighted by Gasteiger charge is 2.36. The third-order valence-corrected chi connectivity index (χ3v) is 8.78. The van der Waals surface area contributed by atoms with Crippen molar-refractivity contribution in [1.82, 2.24) is 14.8 Å². The van der Waals surface area contributed by atoms with Gasteiger partial charge in [0.15, 0.2) is 0 Å². The van der Waals surface area contributed by atoms with Gasteiger partial charge in [-0.25, -0.2) is 4.79 Å². The number of benzene rings is 1. The van der Waals surface area contributed by atoms with E-state index in [9.17, 15) is 9.59 Å². The summed E-state index contributed by atoms with van der Waals surface area (Å²) in [6.45, 7) is 0.789. The number of aromatic nitrogens is 1. The molecule has 1 N–H and O–H groups in total. The smallest absolute Gasteiger partial charge is 0.318 e. The van der Waals surface area contributed by atoms with Crippen LogP contribution in [0.25, 0.3) is 5.00 Å². The standard InChI is InChI=1S/C26H29N3O3S2/c1-32-23(30)13-14-27-26(31)29-16-20-19-6-3-4-8-22(19)34-25(20)28-15-5-7-21(28)24(29)17-9-11-18(33-2)12-10-17/h5,7,9-12,15,24H,3-4,6,8,13-14,16H2,1-2H3,(H,27,31). The van der Waals surface area contributed by atoms with Gasteiger partial charge in [0, 0.05) is 28.1 Å². The molecule has 0 spiro atoms. The Bertz CT molecular complexity index is 1200. The van der Waals surface area contributed by atoms with E-state index < -0.39 is 0 Å². The SMILES string of the molecule is COC(=O)CCNC(=O)N1Cc2c(sc3c2CCCC3)-n2cccc2C1c1ccc(SC)cc1. The average Bonchev–Trinajstić information content (AvgIpc) is 3.46. The summed E-state index contributed by atoms with van der Waals surface area (Å²) in [4.78, 5) is 29.8. The van der Waals surface area contributed by atoms with E-state index in [1.165, 1.54) is 45.9 Å². The molecule has 34 heavy (non-hydrogen) atoms. The van der Waals surface area contributed by atoms with E-state index in [-0.39, 0.29) is 31.0 Å². The fourth-order valence-electron chi connectivity index (χ4n) is 5.00. The molecular weight excluding hydrogens is 466 g/mol. The number of amides is 2. The number of thiophene rings is 1. The Morgan fingerprint density at radius 3 is 2.71 bits per heavy atom. The van der Waals surface area contributed by atoms with Crippen molar-refractivity contribution < 1.29 is 14.3 Å². The number of aryl methyl sites for hydroxylation is 1. The number of ether oxygens (including phenoxy) is 1. The zero-order valence-electron chi connectivity index (χ0n) is 19.5. The Hall–Kier alpha value is -2.71. The molecule has 0 radical (unpaired) electrons. The van der Waals surface area contributed by atoms with Crippen LogP contribution in [0, 0.1) is 0 Å². The first-order valence-electron chi connectivity index (χ1n) is 11.7. The van der Waals surface area contributed by atoms with Gasteiger partial charge in [-0.3, -0.25) is 4.79 Å². The van der Waals surface area contributed by atoms with Gasteiger partial charge in [0.2, 0.25) is 0 Å². The lowest BCUT2D eigenvalue weighted by Crippen LogP contribution is -2.42. The molecule has 0 fully saturated rings. The molecule has 1 aliphatic heterocycles. The van der Waals surface area contributed by atoms with Crippen LogP contribution in [-0.2, 0) is 28.9 Å². The van der Waals surface area contributed by atoms with Gasteiger partial charge in [-0.1, -0.05) is 12.1 Å². The maximum atomic E-state index is 13.6. The first-order valence-corrected chi connectivity index (χ1v) is 13.7. The third kappa shape index (κ3) is 4.25. The molecule has 1 atom stereocenters. The van der Waals surface area contributed by atoms with Gasteiger partial charge >= 0.3 is 12.0 Å². The molecule has 1 aliphatic carbocycles. The van der Waals surface area contributed by atoms with Crippen LogP contribution in [0.5, 0.6) is 0 Å². The number of methoxy groups -OCH3 is 1. The van der Waals surface area contributed by atoms with Crippen molar-refractivity contribution >= 4 is 35.1 Å². The van der Waals surface area contributed by atoms with E-state index in [0.29, 0.717) is 6.54 Å². The normalized spacial score (nSPS) is 16.8. The van der Waals surface area contributed by atoms with E-state index in [0.717, 1.165) is 24.1 Å². The Balaban J connectivity index is 1.57. The lowest BCUT2D eigenvalue weighted by Gasteiger charge is -2.31.